The van der Waals surface area contributed by atoms with Crippen molar-refractivity contribution < 1.29 is 0 Å². The van der Waals surface area contributed by atoms with E-state index in [1.54, 1.807) is 0 Å². The van der Waals surface area contributed by atoms with Gasteiger partial charge in [0.15, 0.2) is 17.5 Å². The van der Waals surface area contributed by atoms with E-state index in [0.717, 1.165) is 33.6 Å². The van der Waals surface area contributed by atoms with E-state index in [9.17, 15) is 0 Å². The molecular weight excluding hydrogens is 707 g/mol. The lowest BCUT2D eigenvalue weighted by atomic mass is 9.99. The molecule has 0 bridgehead atoms. The van der Waals surface area contributed by atoms with Gasteiger partial charge in [0, 0.05) is 60.4 Å². The van der Waals surface area contributed by atoms with Crippen molar-refractivity contribution in [3.63, 3.8) is 0 Å². The normalized spacial score (nSPS) is 11.8. The summed E-state index contributed by atoms with van der Waals surface area (Å²) in [5.41, 5.74) is 9.70. The summed E-state index contributed by atoms with van der Waals surface area (Å²) in [7, 11) is 0. The molecule has 270 valence electrons. The summed E-state index contributed by atoms with van der Waals surface area (Å²) in [4.78, 5) is 15.1. The van der Waals surface area contributed by atoms with Gasteiger partial charge in [-0.3, -0.25) is 0 Å². The highest BCUT2D eigenvalue weighted by molar-refractivity contribution is 6.37. The molecule has 0 atom stereocenters. The predicted molar refractivity (Wildman–Crippen MR) is 240 cm³/mol. The number of hydrogen-bond acceptors (Lipinski definition) is 3. The van der Waals surface area contributed by atoms with E-state index in [1.807, 2.05) is 60.7 Å². The Morgan fingerprint density at radius 1 is 0.293 bits per heavy atom. The Hall–Kier alpha value is -7.89. The first-order chi connectivity index (χ1) is 28.8. The van der Waals surface area contributed by atoms with E-state index in [4.69, 9.17) is 15.0 Å². The molecule has 9 aromatic carbocycles. The summed E-state index contributed by atoms with van der Waals surface area (Å²) in [5.74, 6) is 1.91. The zero-order chi connectivity index (χ0) is 38.2. The number of rotatable bonds is 5. The van der Waals surface area contributed by atoms with Crippen molar-refractivity contribution in [3.8, 4) is 45.5 Å². The lowest BCUT2D eigenvalue weighted by Crippen LogP contribution is -2.01. The average molecular weight is 740 g/mol. The molecule has 0 amide bonds. The molecule has 3 aromatic heterocycles. The number of hydrogen-bond donors (Lipinski definition) is 0. The van der Waals surface area contributed by atoms with Crippen LogP contribution in [-0.4, -0.2) is 24.1 Å². The van der Waals surface area contributed by atoms with Crippen LogP contribution in [0.25, 0.3) is 111 Å². The molecule has 0 aliphatic rings. The third-order valence-electron chi connectivity index (χ3n) is 11.5. The van der Waals surface area contributed by atoms with Crippen molar-refractivity contribution in [1.82, 2.24) is 24.1 Å². The summed E-state index contributed by atoms with van der Waals surface area (Å²) in [5, 5.41) is 9.76. The lowest BCUT2D eigenvalue weighted by molar-refractivity contribution is 1.07. The molecule has 0 unspecified atom stereocenters. The van der Waals surface area contributed by atoms with Gasteiger partial charge in [-0.05, 0) is 47.2 Å². The summed E-state index contributed by atoms with van der Waals surface area (Å²) in [6.45, 7) is 0. The molecule has 5 nitrogen and oxygen atoms in total. The standard InChI is InChI=1S/C53H33N5/c1-3-17-35(18-4-1)51-54-52(36-19-5-2-6-20-36)56-53(55-51)38-22-15-23-39(33-38)57-45-28-13-11-26-43(45)47-48-44-27-12-14-29-46(44)58(40-31-30-34-16-7-8-21-37(34)32-40)50(48)42-25-10-9-24-41(42)49(47)57/h1-33H. The van der Waals surface area contributed by atoms with Gasteiger partial charge in [-0.25, -0.2) is 15.0 Å². The number of benzene rings is 9. The number of aromatic nitrogens is 5. The van der Waals surface area contributed by atoms with Gasteiger partial charge in [-0.15, -0.1) is 0 Å². The topological polar surface area (TPSA) is 48.5 Å². The molecule has 0 N–H and O–H groups in total. The highest BCUT2D eigenvalue weighted by Gasteiger charge is 2.24. The van der Waals surface area contributed by atoms with E-state index >= 15 is 0 Å². The Bertz CT molecular complexity index is 3510. The zero-order valence-electron chi connectivity index (χ0n) is 31.3. The molecule has 0 saturated heterocycles. The summed E-state index contributed by atoms with van der Waals surface area (Å²) < 4.78 is 4.91. The minimum Gasteiger partial charge on any atom is -0.309 e. The Morgan fingerprint density at radius 3 is 1.29 bits per heavy atom. The van der Waals surface area contributed by atoms with Crippen LogP contribution < -0.4 is 0 Å². The highest BCUT2D eigenvalue weighted by Crippen LogP contribution is 2.47. The zero-order valence-corrected chi connectivity index (χ0v) is 31.3. The van der Waals surface area contributed by atoms with Crippen LogP contribution in [0.1, 0.15) is 0 Å². The van der Waals surface area contributed by atoms with Crippen LogP contribution >= 0.6 is 0 Å². The number of para-hydroxylation sites is 2. The van der Waals surface area contributed by atoms with Gasteiger partial charge in [-0.1, -0.05) is 164 Å². The maximum atomic E-state index is 5.09. The first kappa shape index (κ1) is 32.4. The van der Waals surface area contributed by atoms with Crippen molar-refractivity contribution in [1.29, 1.82) is 0 Å². The van der Waals surface area contributed by atoms with Crippen LogP contribution in [0, 0.1) is 0 Å². The molecule has 58 heavy (non-hydrogen) atoms. The molecule has 5 heteroatoms. The third kappa shape index (κ3) is 4.93. The second-order valence-corrected chi connectivity index (χ2v) is 14.8. The van der Waals surface area contributed by atoms with E-state index in [2.05, 4.69) is 149 Å². The van der Waals surface area contributed by atoms with Gasteiger partial charge in [-0.2, -0.15) is 0 Å². The molecule has 0 saturated carbocycles. The van der Waals surface area contributed by atoms with Crippen LogP contribution in [0.5, 0.6) is 0 Å². The van der Waals surface area contributed by atoms with Crippen molar-refractivity contribution >= 4 is 65.2 Å². The molecule has 12 aromatic rings. The first-order valence-corrected chi connectivity index (χ1v) is 19.6. The van der Waals surface area contributed by atoms with Gasteiger partial charge in [0.05, 0.1) is 22.1 Å². The van der Waals surface area contributed by atoms with Crippen LogP contribution in [-0.2, 0) is 0 Å². The summed E-state index contributed by atoms with van der Waals surface area (Å²) in [6, 6.07) is 70.9. The Morgan fingerprint density at radius 2 is 0.724 bits per heavy atom. The van der Waals surface area contributed by atoms with Crippen molar-refractivity contribution in [2.45, 2.75) is 0 Å². The second-order valence-electron chi connectivity index (χ2n) is 14.8. The fourth-order valence-electron chi connectivity index (χ4n) is 8.97. The molecule has 0 aliphatic carbocycles. The number of fused-ring (bicyclic) bond motifs is 11. The highest BCUT2D eigenvalue weighted by atomic mass is 15.0. The molecule has 12 rings (SSSR count). The van der Waals surface area contributed by atoms with E-state index in [-0.39, 0.29) is 0 Å². The van der Waals surface area contributed by atoms with E-state index in [0.29, 0.717) is 17.5 Å². The maximum absolute atomic E-state index is 5.09. The maximum Gasteiger partial charge on any atom is 0.164 e. The van der Waals surface area contributed by atoms with Gasteiger partial charge >= 0.3 is 0 Å². The molecule has 3 heterocycles. The van der Waals surface area contributed by atoms with Crippen LogP contribution in [0.15, 0.2) is 200 Å². The minimum atomic E-state index is 0.626. The SMILES string of the molecule is c1ccc(-c2nc(-c3ccccc3)nc(-c3cccc(-n4c5ccccc5c5c6c7ccccc7n(-c7ccc8ccccc8c7)c6c6ccccc6c54)c3)n2)cc1. The van der Waals surface area contributed by atoms with Gasteiger partial charge < -0.3 is 9.13 Å². The fourth-order valence-corrected chi connectivity index (χ4v) is 8.97. The summed E-state index contributed by atoms with van der Waals surface area (Å²) in [6.07, 6.45) is 0. The van der Waals surface area contributed by atoms with Gasteiger partial charge in [0.2, 0.25) is 0 Å². The predicted octanol–water partition coefficient (Wildman–Crippen LogP) is 13.4. The van der Waals surface area contributed by atoms with Crippen LogP contribution in [0.2, 0.25) is 0 Å². The minimum absolute atomic E-state index is 0.626. The smallest absolute Gasteiger partial charge is 0.164 e. The van der Waals surface area contributed by atoms with Gasteiger partial charge in [0.25, 0.3) is 0 Å². The Balaban J connectivity index is 1.16. The molecular formula is C53H33N5. The largest absolute Gasteiger partial charge is 0.309 e. The molecule has 0 radical (unpaired) electrons. The van der Waals surface area contributed by atoms with Gasteiger partial charge in [0.1, 0.15) is 0 Å². The third-order valence-corrected chi connectivity index (χ3v) is 11.5. The quantitative estimate of drug-likeness (QED) is 0.177. The van der Waals surface area contributed by atoms with Crippen molar-refractivity contribution in [3.05, 3.63) is 200 Å². The Kier molecular flexibility index (Phi) is 7.16. The van der Waals surface area contributed by atoms with E-state index < -0.39 is 0 Å². The second kappa shape index (κ2) is 12.8. The van der Waals surface area contributed by atoms with E-state index in [1.165, 1.54) is 59.6 Å². The molecule has 0 aliphatic heterocycles. The average Bonchev–Trinajstić information content (AvgIpc) is 3.83. The van der Waals surface area contributed by atoms with Crippen molar-refractivity contribution in [2.24, 2.45) is 0 Å². The number of nitrogens with zero attached hydrogens (tertiary/aromatic N) is 5. The summed E-state index contributed by atoms with van der Waals surface area (Å²) >= 11 is 0. The van der Waals surface area contributed by atoms with Crippen LogP contribution in [0.4, 0.5) is 0 Å². The lowest BCUT2D eigenvalue weighted by Gasteiger charge is -2.14. The molecule has 0 spiro atoms. The first-order valence-electron chi connectivity index (χ1n) is 19.6. The monoisotopic (exact) mass is 739 g/mol. The fraction of sp³-hybridized carbons (Fsp3) is 0. The van der Waals surface area contributed by atoms with Crippen molar-refractivity contribution in [2.75, 3.05) is 0 Å². The molecule has 0 fully saturated rings. The van der Waals surface area contributed by atoms with Crippen LogP contribution in [0.3, 0.4) is 0 Å². The Labute approximate surface area is 333 Å².